The van der Waals surface area contributed by atoms with E-state index in [1.807, 2.05) is 6.07 Å². The van der Waals surface area contributed by atoms with Gasteiger partial charge in [0, 0.05) is 19.9 Å². The summed E-state index contributed by atoms with van der Waals surface area (Å²) in [6, 6.07) is 3.66. The predicted octanol–water partition coefficient (Wildman–Crippen LogP) is 1.02. The van der Waals surface area contributed by atoms with Gasteiger partial charge in [0.1, 0.15) is 0 Å². The van der Waals surface area contributed by atoms with E-state index in [0.29, 0.717) is 6.61 Å². The average molecular weight is 221 g/mol. The normalized spacial score (nSPS) is 19.4. The van der Waals surface area contributed by atoms with Crippen molar-refractivity contribution in [1.82, 2.24) is 10.3 Å². The molecule has 0 aliphatic carbocycles. The number of rotatable bonds is 2. The quantitative estimate of drug-likeness (QED) is 0.811. The maximum absolute atomic E-state index is 11.8. The van der Waals surface area contributed by atoms with Crippen LogP contribution in [0.5, 0.6) is 0 Å². The molecule has 0 bridgehead atoms. The smallest absolute Gasteiger partial charge is 0.321 e. The summed E-state index contributed by atoms with van der Waals surface area (Å²) in [5, 5.41) is 2.91. The topological polar surface area (TPSA) is 54.5 Å². The summed E-state index contributed by atoms with van der Waals surface area (Å²) in [6.07, 6.45) is 4.22. The van der Waals surface area contributed by atoms with Crippen molar-refractivity contribution in [3.05, 3.63) is 24.5 Å². The van der Waals surface area contributed by atoms with Crippen LogP contribution in [0.3, 0.4) is 0 Å². The molecule has 1 saturated heterocycles. The molecule has 1 aliphatic heterocycles. The fourth-order valence-corrected chi connectivity index (χ4v) is 1.59. The van der Waals surface area contributed by atoms with Gasteiger partial charge in [0.05, 0.1) is 24.5 Å². The van der Waals surface area contributed by atoms with Crippen LogP contribution in [0.2, 0.25) is 0 Å². The van der Waals surface area contributed by atoms with Crippen molar-refractivity contribution in [3.8, 4) is 0 Å². The Labute approximate surface area is 94.4 Å². The van der Waals surface area contributed by atoms with Crippen LogP contribution in [0.4, 0.5) is 10.5 Å². The summed E-state index contributed by atoms with van der Waals surface area (Å²) in [6.45, 7) is 1.33. The molecule has 2 rings (SSSR count). The second-order valence-corrected chi connectivity index (χ2v) is 3.78. The van der Waals surface area contributed by atoms with Crippen molar-refractivity contribution in [2.24, 2.45) is 0 Å². The van der Waals surface area contributed by atoms with Crippen LogP contribution in [-0.2, 0) is 4.74 Å². The number of carbonyl (C=O) groups excluding carboxylic acids is 1. The van der Waals surface area contributed by atoms with E-state index in [4.69, 9.17) is 4.74 Å². The summed E-state index contributed by atoms with van der Waals surface area (Å²) in [7, 11) is 1.72. The van der Waals surface area contributed by atoms with Gasteiger partial charge in [0.25, 0.3) is 0 Å². The second-order valence-electron chi connectivity index (χ2n) is 3.78. The minimum Gasteiger partial charge on any atom is -0.379 e. The van der Waals surface area contributed by atoms with E-state index >= 15 is 0 Å². The molecule has 1 aromatic heterocycles. The molecule has 0 radical (unpaired) electrons. The minimum atomic E-state index is -0.122. The number of urea groups is 1. The number of carbonyl (C=O) groups is 1. The van der Waals surface area contributed by atoms with Crippen molar-refractivity contribution >= 4 is 11.7 Å². The Morgan fingerprint density at radius 3 is 3.19 bits per heavy atom. The third-order valence-electron chi connectivity index (χ3n) is 2.60. The van der Waals surface area contributed by atoms with Gasteiger partial charge in [-0.3, -0.25) is 9.88 Å². The van der Waals surface area contributed by atoms with Gasteiger partial charge in [-0.2, -0.15) is 0 Å². The molecule has 0 aromatic carbocycles. The molecule has 2 amide bonds. The fraction of sp³-hybridized carbons (Fsp3) is 0.455. The summed E-state index contributed by atoms with van der Waals surface area (Å²) in [5.41, 5.74) is 0.777. The first-order chi connectivity index (χ1) is 7.77. The van der Waals surface area contributed by atoms with Crippen LogP contribution in [0.15, 0.2) is 24.5 Å². The largest absolute Gasteiger partial charge is 0.379 e. The molecule has 86 valence electrons. The van der Waals surface area contributed by atoms with Crippen molar-refractivity contribution in [3.63, 3.8) is 0 Å². The lowest BCUT2D eigenvalue weighted by Crippen LogP contribution is -2.43. The van der Waals surface area contributed by atoms with Crippen molar-refractivity contribution in [2.45, 2.75) is 12.5 Å². The number of hydrogen-bond acceptors (Lipinski definition) is 3. The van der Waals surface area contributed by atoms with Gasteiger partial charge in [-0.15, -0.1) is 0 Å². The lowest BCUT2D eigenvalue weighted by Gasteiger charge is -2.19. The van der Waals surface area contributed by atoms with E-state index in [1.54, 1.807) is 30.4 Å². The number of amides is 2. The molecule has 1 aromatic rings. The van der Waals surface area contributed by atoms with Crippen LogP contribution in [-0.4, -0.2) is 37.3 Å². The molecular formula is C11H15N3O2. The molecule has 5 nitrogen and oxygen atoms in total. The minimum absolute atomic E-state index is 0.122. The Kier molecular flexibility index (Phi) is 3.36. The molecule has 16 heavy (non-hydrogen) atoms. The lowest BCUT2D eigenvalue weighted by atomic mass is 10.3. The highest BCUT2D eigenvalue weighted by Gasteiger charge is 2.20. The van der Waals surface area contributed by atoms with Crippen molar-refractivity contribution < 1.29 is 9.53 Å². The number of anilines is 1. The van der Waals surface area contributed by atoms with Crippen molar-refractivity contribution in [2.75, 3.05) is 25.2 Å². The van der Waals surface area contributed by atoms with E-state index in [2.05, 4.69) is 10.3 Å². The van der Waals surface area contributed by atoms with Crippen LogP contribution in [0, 0.1) is 0 Å². The lowest BCUT2D eigenvalue weighted by molar-refractivity contribution is 0.189. The zero-order valence-electron chi connectivity index (χ0n) is 9.22. The Bertz CT molecular complexity index is 350. The molecular weight excluding hydrogens is 206 g/mol. The van der Waals surface area contributed by atoms with E-state index in [9.17, 15) is 4.79 Å². The van der Waals surface area contributed by atoms with E-state index < -0.39 is 0 Å². The fourth-order valence-electron chi connectivity index (χ4n) is 1.59. The van der Waals surface area contributed by atoms with Crippen molar-refractivity contribution in [1.29, 1.82) is 0 Å². The van der Waals surface area contributed by atoms with Crippen LogP contribution in [0.25, 0.3) is 0 Å². The summed E-state index contributed by atoms with van der Waals surface area (Å²) in [5.74, 6) is 0. The van der Waals surface area contributed by atoms with Crippen LogP contribution in [0.1, 0.15) is 6.42 Å². The number of hydrogen-bond donors (Lipinski definition) is 1. The molecule has 5 heteroatoms. The highest BCUT2D eigenvalue weighted by atomic mass is 16.5. The van der Waals surface area contributed by atoms with Gasteiger partial charge in [0.2, 0.25) is 0 Å². The molecule has 1 unspecified atom stereocenters. The highest BCUT2D eigenvalue weighted by molar-refractivity contribution is 5.91. The van der Waals surface area contributed by atoms with E-state index in [-0.39, 0.29) is 12.1 Å². The second kappa shape index (κ2) is 4.94. The van der Waals surface area contributed by atoms with Gasteiger partial charge >= 0.3 is 6.03 Å². The number of nitrogens with one attached hydrogen (secondary N) is 1. The molecule has 2 heterocycles. The predicted molar refractivity (Wildman–Crippen MR) is 60.4 cm³/mol. The molecule has 1 aliphatic rings. The van der Waals surface area contributed by atoms with E-state index in [1.165, 1.54) is 0 Å². The van der Waals surface area contributed by atoms with Gasteiger partial charge in [-0.1, -0.05) is 0 Å². The van der Waals surface area contributed by atoms with Gasteiger partial charge in [-0.05, 0) is 18.6 Å². The average Bonchev–Trinajstić information content (AvgIpc) is 2.82. The maximum Gasteiger partial charge on any atom is 0.321 e. The van der Waals surface area contributed by atoms with Gasteiger partial charge < -0.3 is 10.1 Å². The number of pyridine rings is 1. The molecule has 1 N–H and O–H groups in total. The zero-order valence-corrected chi connectivity index (χ0v) is 9.22. The standard InChI is InChI=1S/C11H15N3O2/c1-14(10-3-2-5-12-7-10)11(15)13-9-4-6-16-8-9/h2-3,5,7,9H,4,6,8H2,1H3,(H,13,15). The highest BCUT2D eigenvalue weighted by Crippen LogP contribution is 2.10. The molecule has 1 fully saturated rings. The first-order valence-electron chi connectivity index (χ1n) is 5.29. The summed E-state index contributed by atoms with van der Waals surface area (Å²) < 4.78 is 5.20. The van der Waals surface area contributed by atoms with Gasteiger partial charge in [-0.25, -0.2) is 4.79 Å². The number of ether oxygens (including phenoxy) is 1. The SMILES string of the molecule is CN(C(=O)NC1CCOC1)c1cccnc1. The Morgan fingerprint density at radius 2 is 2.56 bits per heavy atom. The van der Waals surface area contributed by atoms with Crippen LogP contribution >= 0.6 is 0 Å². The third kappa shape index (κ3) is 2.49. The Balaban J connectivity index is 1.94. The zero-order chi connectivity index (χ0) is 11.4. The third-order valence-corrected chi connectivity index (χ3v) is 2.60. The Morgan fingerprint density at radius 1 is 1.69 bits per heavy atom. The van der Waals surface area contributed by atoms with Crippen LogP contribution < -0.4 is 10.2 Å². The number of nitrogens with zero attached hydrogens (tertiary/aromatic N) is 2. The Hall–Kier alpha value is -1.62. The monoisotopic (exact) mass is 221 g/mol. The number of aromatic nitrogens is 1. The maximum atomic E-state index is 11.8. The molecule has 1 atom stereocenters. The summed E-state index contributed by atoms with van der Waals surface area (Å²) >= 11 is 0. The van der Waals surface area contributed by atoms with Gasteiger partial charge in [0.15, 0.2) is 0 Å². The van der Waals surface area contributed by atoms with E-state index in [0.717, 1.165) is 18.7 Å². The first kappa shape index (κ1) is 10.9. The molecule has 0 saturated carbocycles. The first-order valence-corrected chi connectivity index (χ1v) is 5.29. The molecule has 0 spiro atoms. The summed E-state index contributed by atoms with van der Waals surface area (Å²) in [4.78, 5) is 17.4.